The summed E-state index contributed by atoms with van der Waals surface area (Å²) in [5, 5.41) is 0. The van der Waals surface area contributed by atoms with E-state index in [1.807, 2.05) is 0 Å². The molecule has 0 spiro atoms. The zero-order valence-electron chi connectivity index (χ0n) is 1.97. The summed E-state index contributed by atoms with van der Waals surface area (Å²) in [5.41, 5.74) is 0. The van der Waals surface area contributed by atoms with E-state index < -0.39 is 0 Å². The van der Waals surface area contributed by atoms with Gasteiger partial charge in [-0.3, -0.25) is 0 Å². The van der Waals surface area contributed by atoms with E-state index >= 15 is 0 Å². The van der Waals surface area contributed by atoms with Crippen molar-refractivity contribution in [2.75, 3.05) is 0 Å². The van der Waals surface area contributed by atoms with Gasteiger partial charge in [0.25, 0.3) is 0 Å². The van der Waals surface area contributed by atoms with E-state index in [1.165, 1.54) is 0 Å². The summed E-state index contributed by atoms with van der Waals surface area (Å²) in [7, 11) is 0. The summed E-state index contributed by atoms with van der Waals surface area (Å²) in [5.74, 6) is 0. The van der Waals surface area contributed by atoms with Crippen LogP contribution in [0.2, 0.25) is 0 Å². The Morgan fingerprint density at radius 2 is 0.750 bits per heavy atom. The first-order valence-corrected chi connectivity index (χ1v) is 12.7. The Labute approximate surface area is 57.5 Å². The molecule has 0 fully saturated rings. The van der Waals surface area contributed by atoms with Gasteiger partial charge in [0, 0.05) is 0 Å². The minimum absolute atomic E-state index is 1.56. The van der Waals surface area contributed by atoms with Crippen molar-refractivity contribution in [1.29, 1.82) is 0 Å². The first kappa shape index (κ1) is 9.58. The van der Waals surface area contributed by atoms with E-state index in [4.69, 9.17) is 0 Å². The predicted molar refractivity (Wildman–Crippen MR) is 23.0 cm³/mol. The van der Waals surface area contributed by atoms with Crippen LogP contribution >= 0.6 is 0 Å². The first-order valence-electron chi connectivity index (χ1n) is 0.471. The van der Waals surface area contributed by atoms with Gasteiger partial charge < -0.3 is 0 Å². The molecule has 0 aromatic rings. The average Bonchev–Trinajstić information content (AvgIpc) is 1.50. The van der Waals surface area contributed by atoms with Gasteiger partial charge in [-0.25, -0.2) is 0 Å². The molecule has 0 unspecified atom stereocenters. The minimum atomic E-state index is 1.56. The van der Waals surface area contributed by atoms with E-state index in [1.54, 1.807) is 32.1 Å². The number of rotatable bonds is 0. The Hall–Kier alpha value is 2.31. The summed E-state index contributed by atoms with van der Waals surface area (Å²) >= 11 is 8.50. The van der Waals surface area contributed by atoms with Crippen molar-refractivity contribution in [2.45, 2.75) is 0 Å². The van der Waals surface area contributed by atoms with Crippen LogP contribution in [0, 0.1) is 0 Å². The molecular weight excluding hydrogens is 297 g/mol. The van der Waals surface area contributed by atoms with Crippen LogP contribution in [0.5, 0.6) is 0 Å². The summed E-state index contributed by atoms with van der Waals surface area (Å²) in [6, 6.07) is 0. The second-order valence-electron chi connectivity index (χ2n) is 0. The molecule has 4 heavy (non-hydrogen) atoms. The van der Waals surface area contributed by atoms with Gasteiger partial charge in [0.2, 0.25) is 0 Å². The molecule has 0 nitrogen and oxygen atoms in total. The van der Waals surface area contributed by atoms with Crippen LogP contribution in [0.25, 0.3) is 0 Å². The van der Waals surface area contributed by atoms with Gasteiger partial charge in [-0.2, -0.15) is 0 Å². The Balaban J connectivity index is 0. The fourth-order valence-corrected chi connectivity index (χ4v) is 0. The summed E-state index contributed by atoms with van der Waals surface area (Å²) in [4.78, 5) is 0. The van der Waals surface area contributed by atoms with Gasteiger partial charge >= 0.3 is 58.3 Å². The molecule has 0 aliphatic rings. The van der Waals surface area contributed by atoms with Crippen LogP contribution in [0.3, 0.4) is 0 Å². The standard InChI is InChI=1S/2Ga.2Se. The molecule has 0 aliphatic carbocycles. The maximum atomic E-state index is 2.69. The van der Waals surface area contributed by atoms with Gasteiger partial charge in [0.15, 0.2) is 0 Å². The molecular formula is Ga2Se2. The van der Waals surface area contributed by atoms with E-state index in [0.29, 0.717) is 0 Å². The van der Waals surface area contributed by atoms with Crippen molar-refractivity contribution in [2.24, 2.45) is 0 Å². The van der Waals surface area contributed by atoms with Gasteiger partial charge in [-0.1, -0.05) is 0 Å². The second kappa shape index (κ2) is 18.5. The van der Waals surface area contributed by atoms with Crippen LogP contribution in [0.1, 0.15) is 0 Å². The second-order valence-corrected chi connectivity index (χ2v) is 0. The SMILES string of the molecule is [Ga]=[Se].[Ga]=[Se]. The molecule has 0 rings (SSSR count). The summed E-state index contributed by atoms with van der Waals surface area (Å²) < 4.78 is 0. The summed E-state index contributed by atoms with van der Waals surface area (Å²) in [6.45, 7) is 0. The topological polar surface area (TPSA) is 0 Å². The molecule has 0 saturated heterocycles. The van der Waals surface area contributed by atoms with Crippen molar-refractivity contribution in [3.05, 3.63) is 0 Å². The fourth-order valence-electron chi connectivity index (χ4n) is 0. The number of hydrogen-bond acceptors (Lipinski definition) is 0. The Kier molecular flexibility index (Phi) is 44.3. The van der Waals surface area contributed by atoms with Crippen LogP contribution < -0.4 is 0 Å². The molecule has 0 bridgehead atoms. The third-order valence-corrected chi connectivity index (χ3v) is 0. The van der Waals surface area contributed by atoms with Gasteiger partial charge in [0.1, 0.15) is 0 Å². The van der Waals surface area contributed by atoms with E-state index in [9.17, 15) is 0 Å². The quantitative estimate of drug-likeness (QED) is 0.476. The zero-order chi connectivity index (χ0) is 4.00. The molecule has 0 saturated carbocycles. The fraction of sp³-hybridized carbons (Fsp3) is 0. The Morgan fingerprint density at radius 1 is 0.750 bits per heavy atom. The van der Waals surface area contributed by atoms with Crippen molar-refractivity contribution in [1.82, 2.24) is 0 Å². The van der Waals surface area contributed by atoms with Crippen LogP contribution in [0.15, 0.2) is 0 Å². The molecule has 0 aromatic carbocycles. The molecule has 4 heteroatoms. The number of hydrogen-bond donors (Lipinski definition) is 0. The van der Waals surface area contributed by atoms with Gasteiger partial charge in [-0.15, -0.1) is 0 Å². The molecule has 0 heterocycles. The molecule has 0 N–H and O–H groups in total. The van der Waals surface area contributed by atoms with Gasteiger partial charge in [-0.05, 0) is 0 Å². The molecule has 0 atom stereocenters. The molecule has 0 aromatic heterocycles. The van der Waals surface area contributed by atoms with Gasteiger partial charge in [0.05, 0.1) is 0 Å². The normalized spacial score (nSPS) is 1.50. The molecule has 18 valence electrons. The molecule has 0 aliphatic heterocycles. The van der Waals surface area contributed by atoms with Crippen molar-refractivity contribution in [3.63, 3.8) is 0 Å². The average molecular weight is 297 g/mol. The first-order chi connectivity index (χ1) is 2.00. The third kappa shape index (κ3) is 8.85. The Morgan fingerprint density at radius 3 is 0.750 bits per heavy atom. The Bertz CT molecular complexity index is 6.00. The van der Waals surface area contributed by atoms with Crippen molar-refractivity contribution < 1.29 is 0 Å². The third-order valence-electron chi connectivity index (χ3n) is 0. The molecule has 0 amide bonds. The summed E-state index contributed by atoms with van der Waals surface area (Å²) in [6.07, 6.45) is 0. The van der Waals surface area contributed by atoms with E-state index in [0.717, 1.165) is 0 Å². The maximum absolute atomic E-state index is 2.69. The van der Waals surface area contributed by atoms with E-state index in [2.05, 4.69) is 26.2 Å². The van der Waals surface area contributed by atoms with Crippen LogP contribution in [0.4, 0.5) is 0 Å². The molecule has 2 radical (unpaired) electrons. The van der Waals surface area contributed by atoms with Crippen molar-refractivity contribution >= 4 is 58.3 Å². The van der Waals surface area contributed by atoms with Crippen LogP contribution in [-0.2, 0) is 0 Å². The van der Waals surface area contributed by atoms with Crippen molar-refractivity contribution in [3.8, 4) is 0 Å². The predicted octanol–water partition coefficient (Wildman–Crippen LogP) is -1.52. The monoisotopic (exact) mass is 298 g/mol. The van der Waals surface area contributed by atoms with E-state index in [-0.39, 0.29) is 0 Å². The van der Waals surface area contributed by atoms with Crippen LogP contribution in [-0.4, -0.2) is 58.3 Å². The zero-order valence-corrected chi connectivity index (χ0v) is 10.2.